The van der Waals surface area contributed by atoms with Gasteiger partial charge < -0.3 is 16.0 Å². The number of carbonyl (C=O) groups excluding carboxylic acids is 3. The molecule has 0 aromatic heterocycles. The molecule has 0 aliphatic rings. The molecule has 0 aliphatic carbocycles. The summed E-state index contributed by atoms with van der Waals surface area (Å²) in [4.78, 5) is 36.7. The van der Waals surface area contributed by atoms with E-state index in [1.807, 2.05) is 37.3 Å². The number of hydrogen-bond acceptors (Lipinski definition) is 3. The highest BCUT2D eigenvalue weighted by molar-refractivity contribution is 14.1. The zero-order valence-corrected chi connectivity index (χ0v) is 19.1. The maximum Gasteiger partial charge on any atom is 0.255 e. The first-order valence-electron chi connectivity index (χ1n) is 9.73. The van der Waals surface area contributed by atoms with Crippen molar-refractivity contribution in [3.63, 3.8) is 0 Å². The summed E-state index contributed by atoms with van der Waals surface area (Å²) in [5, 5.41) is 8.37. The van der Waals surface area contributed by atoms with Gasteiger partial charge in [0.1, 0.15) is 0 Å². The zero-order valence-electron chi connectivity index (χ0n) is 16.9. The van der Waals surface area contributed by atoms with Crippen LogP contribution in [0.5, 0.6) is 0 Å². The highest BCUT2D eigenvalue weighted by Gasteiger charge is 2.10. The molecular weight excluding hydrogens is 505 g/mol. The van der Waals surface area contributed by atoms with E-state index < -0.39 is 0 Å². The van der Waals surface area contributed by atoms with Gasteiger partial charge in [-0.15, -0.1) is 0 Å². The molecule has 0 bridgehead atoms. The molecule has 3 aromatic carbocycles. The molecule has 3 N–H and O–H groups in total. The molecule has 0 aliphatic heterocycles. The van der Waals surface area contributed by atoms with Gasteiger partial charge in [-0.25, -0.2) is 0 Å². The second-order valence-corrected chi connectivity index (χ2v) is 8.05. The first kappa shape index (κ1) is 22.5. The molecule has 0 radical (unpaired) electrons. The van der Waals surface area contributed by atoms with Crippen LogP contribution in [-0.2, 0) is 0 Å². The van der Waals surface area contributed by atoms with E-state index in [-0.39, 0.29) is 17.7 Å². The minimum Gasteiger partial charge on any atom is -0.350 e. The summed E-state index contributed by atoms with van der Waals surface area (Å²) in [6, 6.07) is 21.3. The first-order chi connectivity index (χ1) is 14.9. The average molecular weight is 527 g/mol. The third-order valence-corrected chi connectivity index (χ3v) is 5.47. The van der Waals surface area contributed by atoms with Crippen LogP contribution < -0.4 is 16.0 Å². The second-order valence-electron chi connectivity index (χ2n) is 6.89. The largest absolute Gasteiger partial charge is 0.350 e. The third-order valence-electron chi connectivity index (χ3n) is 4.53. The van der Waals surface area contributed by atoms with Crippen molar-refractivity contribution in [1.82, 2.24) is 10.6 Å². The fourth-order valence-electron chi connectivity index (χ4n) is 2.81. The summed E-state index contributed by atoms with van der Waals surface area (Å²) in [5.41, 5.74) is 3.34. The maximum atomic E-state index is 12.3. The zero-order chi connectivity index (χ0) is 22.2. The summed E-state index contributed by atoms with van der Waals surface area (Å²) in [6.07, 6.45) is 0. The van der Waals surface area contributed by atoms with Crippen molar-refractivity contribution in [1.29, 1.82) is 0 Å². The van der Waals surface area contributed by atoms with Crippen molar-refractivity contribution in [3.05, 3.63) is 98.6 Å². The summed E-state index contributed by atoms with van der Waals surface area (Å²) in [6.45, 7) is 2.59. The average Bonchev–Trinajstić information content (AvgIpc) is 2.77. The molecule has 31 heavy (non-hydrogen) atoms. The van der Waals surface area contributed by atoms with Gasteiger partial charge in [0.2, 0.25) is 0 Å². The van der Waals surface area contributed by atoms with E-state index >= 15 is 0 Å². The number of nitrogens with one attached hydrogen (secondary N) is 3. The Morgan fingerprint density at radius 2 is 1.26 bits per heavy atom. The maximum absolute atomic E-state index is 12.3. The molecule has 0 atom stereocenters. The Hall–Kier alpha value is -3.20. The Labute approximate surface area is 194 Å². The van der Waals surface area contributed by atoms with Gasteiger partial charge in [-0.2, -0.15) is 0 Å². The molecular formula is C24H22IN3O3. The monoisotopic (exact) mass is 527 g/mol. The van der Waals surface area contributed by atoms with Crippen molar-refractivity contribution >= 4 is 46.0 Å². The molecule has 0 saturated carbocycles. The lowest BCUT2D eigenvalue weighted by molar-refractivity contribution is 0.0927. The number of aryl methyl sites for hydroxylation is 1. The Morgan fingerprint density at radius 1 is 0.710 bits per heavy atom. The van der Waals surface area contributed by atoms with E-state index in [1.165, 1.54) is 0 Å². The van der Waals surface area contributed by atoms with E-state index in [4.69, 9.17) is 0 Å². The number of benzene rings is 3. The van der Waals surface area contributed by atoms with Gasteiger partial charge >= 0.3 is 0 Å². The highest BCUT2D eigenvalue weighted by atomic mass is 127. The van der Waals surface area contributed by atoms with Crippen molar-refractivity contribution in [3.8, 4) is 0 Å². The second kappa shape index (κ2) is 10.7. The molecule has 0 saturated heterocycles. The molecule has 0 spiro atoms. The normalized spacial score (nSPS) is 10.3. The van der Waals surface area contributed by atoms with Crippen LogP contribution in [0.25, 0.3) is 0 Å². The highest BCUT2D eigenvalue weighted by Crippen LogP contribution is 2.13. The van der Waals surface area contributed by atoms with Crippen LogP contribution >= 0.6 is 22.6 Å². The Bertz CT molecular complexity index is 1080. The molecule has 0 fully saturated rings. The first-order valence-corrected chi connectivity index (χ1v) is 10.8. The summed E-state index contributed by atoms with van der Waals surface area (Å²) in [7, 11) is 0. The molecule has 6 nitrogen and oxygen atoms in total. The number of halogens is 1. The van der Waals surface area contributed by atoms with Crippen molar-refractivity contribution in [2.24, 2.45) is 0 Å². The van der Waals surface area contributed by atoms with Gasteiger partial charge in [-0.1, -0.05) is 29.8 Å². The molecule has 3 rings (SSSR count). The fourth-order valence-corrected chi connectivity index (χ4v) is 3.44. The van der Waals surface area contributed by atoms with E-state index in [0.717, 1.165) is 9.13 Å². The van der Waals surface area contributed by atoms with Crippen molar-refractivity contribution in [2.45, 2.75) is 6.92 Å². The van der Waals surface area contributed by atoms with Gasteiger partial charge in [0.15, 0.2) is 0 Å². The lowest BCUT2D eigenvalue weighted by atomic mass is 10.1. The standard InChI is InChI=1S/C24H22IN3O3/c1-16-6-8-18(9-7-16)23(30)28-19-12-10-17(11-13-19)22(29)26-14-15-27-24(31)20-4-2-3-5-21(20)25/h2-13H,14-15H2,1H3,(H,26,29)(H,27,31)(H,28,30). The van der Waals surface area contributed by atoms with E-state index in [0.29, 0.717) is 35.5 Å². The lowest BCUT2D eigenvalue weighted by Gasteiger charge is -2.09. The van der Waals surface area contributed by atoms with Crippen molar-refractivity contribution < 1.29 is 14.4 Å². The molecule has 0 unspecified atom stereocenters. The van der Waals surface area contributed by atoms with Crippen LogP contribution in [0.3, 0.4) is 0 Å². The van der Waals surface area contributed by atoms with Gasteiger partial charge in [-0.05, 0) is 78.0 Å². The molecule has 0 heterocycles. The van der Waals surface area contributed by atoms with Gasteiger partial charge in [0.25, 0.3) is 17.7 Å². The van der Waals surface area contributed by atoms with Gasteiger partial charge in [0, 0.05) is 33.5 Å². The van der Waals surface area contributed by atoms with Crippen LogP contribution in [0.4, 0.5) is 5.69 Å². The van der Waals surface area contributed by atoms with E-state index in [2.05, 4.69) is 38.5 Å². The molecule has 3 amide bonds. The number of rotatable bonds is 7. The van der Waals surface area contributed by atoms with Crippen molar-refractivity contribution in [2.75, 3.05) is 18.4 Å². The lowest BCUT2D eigenvalue weighted by Crippen LogP contribution is -2.34. The summed E-state index contributed by atoms with van der Waals surface area (Å²) < 4.78 is 0.871. The predicted molar refractivity (Wildman–Crippen MR) is 129 cm³/mol. The number of anilines is 1. The quantitative estimate of drug-likeness (QED) is 0.321. The minimum absolute atomic E-state index is 0.173. The predicted octanol–water partition coefficient (Wildman–Crippen LogP) is 4.01. The number of hydrogen-bond donors (Lipinski definition) is 3. The van der Waals surface area contributed by atoms with Crippen LogP contribution in [0.15, 0.2) is 72.8 Å². The number of amides is 3. The molecule has 3 aromatic rings. The third kappa shape index (κ3) is 6.39. The van der Waals surface area contributed by atoms with Crippen LogP contribution in [0.1, 0.15) is 36.6 Å². The Kier molecular flexibility index (Phi) is 7.77. The molecule has 7 heteroatoms. The van der Waals surface area contributed by atoms with E-state index in [9.17, 15) is 14.4 Å². The smallest absolute Gasteiger partial charge is 0.255 e. The minimum atomic E-state index is -0.250. The van der Waals surface area contributed by atoms with Crippen LogP contribution in [-0.4, -0.2) is 30.8 Å². The summed E-state index contributed by atoms with van der Waals surface area (Å²) >= 11 is 2.11. The summed E-state index contributed by atoms with van der Waals surface area (Å²) in [5.74, 6) is -0.631. The van der Waals surface area contributed by atoms with Gasteiger partial charge in [0.05, 0.1) is 5.56 Å². The van der Waals surface area contributed by atoms with E-state index in [1.54, 1.807) is 42.5 Å². The Morgan fingerprint density at radius 3 is 1.90 bits per heavy atom. The molecule has 158 valence electrons. The van der Waals surface area contributed by atoms with Crippen LogP contribution in [0, 0.1) is 10.5 Å². The Balaban J connectivity index is 1.45. The number of carbonyl (C=O) groups is 3. The fraction of sp³-hybridized carbons (Fsp3) is 0.125. The van der Waals surface area contributed by atoms with Gasteiger partial charge in [-0.3, -0.25) is 14.4 Å². The van der Waals surface area contributed by atoms with Crippen LogP contribution in [0.2, 0.25) is 0 Å². The topological polar surface area (TPSA) is 87.3 Å². The SMILES string of the molecule is Cc1ccc(C(=O)Nc2ccc(C(=O)NCCNC(=O)c3ccccc3I)cc2)cc1.